The topological polar surface area (TPSA) is 57.5 Å². The van der Waals surface area contributed by atoms with Crippen LogP contribution in [0.2, 0.25) is 0 Å². The first kappa shape index (κ1) is 12.8. The van der Waals surface area contributed by atoms with Gasteiger partial charge >= 0.3 is 5.97 Å². The summed E-state index contributed by atoms with van der Waals surface area (Å²) in [6.45, 7) is 1.79. The summed E-state index contributed by atoms with van der Waals surface area (Å²) in [7, 11) is 0. The van der Waals surface area contributed by atoms with Crippen LogP contribution in [0.5, 0.6) is 0 Å². The van der Waals surface area contributed by atoms with Crippen LogP contribution in [0.4, 0.5) is 0 Å². The lowest BCUT2D eigenvalue weighted by Gasteiger charge is -2.16. The smallest absolute Gasteiger partial charge is 0.309 e. The summed E-state index contributed by atoms with van der Waals surface area (Å²) in [4.78, 5) is 10.6. The highest BCUT2D eigenvalue weighted by atomic mass is 32.2. The molecule has 0 amide bonds. The van der Waals surface area contributed by atoms with E-state index in [1.165, 1.54) is 0 Å². The Kier molecular flexibility index (Phi) is 7.09. The number of thioether (sulfide) groups is 1. The number of aliphatic hydroxyl groups excluding tert-OH is 1. The molecule has 0 saturated heterocycles. The van der Waals surface area contributed by atoms with Gasteiger partial charge in [-0.15, -0.1) is 0 Å². The predicted molar refractivity (Wildman–Crippen MR) is 55.0 cm³/mol. The van der Waals surface area contributed by atoms with Crippen LogP contribution in [0.15, 0.2) is 0 Å². The minimum atomic E-state index is -0.890. The van der Waals surface area contributed by atoms with Gasteiger partial charge in [-0.2, -0.15) is 11.8 Å². The van der Waals surface area contributed by atoms with E-state index in [1.54, 1.807) is 18.7 Å². The van der Waals surface area contributed by atoms with E-state index in [4.69, 9.17) is 5.11 Å². The van der Waals surface area contributed by atoms with Crippen LogP contribution in [-0.4, -0.2) is 34.3 Å². The molecule has 0 aliphatic heterocycles. The summed E-state index contributed by atoms with van der Waals surface area (Å²) in [6.07, 6.45) is 3.28. The van der Waals surface area contributed by atoms with Gasteiger partial charge in [-0.3, -0.25) is 4.79 Å². The summed E-state index contributed by atoms with van der Waals surface area (Å²) in [5.41, 5.74) is 0. The Hall–Kier alpha value is -0.220. The molecule has 0 heterocycles. The highest BCUT2D eigenvalue weighted by molar-refractivity contribution is 7.98. The largest absolute Gasteiger partial charge is 0.481 e. The second-order valence-electron chi connectivity index (χ2n) is 3.06. The van der Waals surface area contributed by atoms with Crippen molar-refractivity contribution in [1.82, 2.24) is 0 Å². The number of hydrogen-bond acceptors (Lipinski definition) is 3. The molecule has 78 valence electrons. The van der Waals surface area contributed by atoms with Crippen molar-refractivity contribution in [1.29, 1.82) is 0 Å². The average Bonchev–Trinajstić information content (AvgIpc) is 2.05. The SMILES string of the molecule is CCC(C(=O)O)C(O)CCCSC. The number of hydrogen-bond donors (Lipinski definition) is 2. The van der Waals surface area contributed by atoms with Crippen molar-refractivity contribution >= 4 is 17.7 Å². The average molecular weight is 206 g/mol. The van der Waals surface area contributed by atoms with E-state index in [0.717, 1.165) is 12.2 Å². The van der Waals surface area contributed by atoms with Crippen LogP contribution < -0.4 is 0 Å². The molecule has 0 fully saturated rings. The van der Waals surface area contributed by atoms with Gasteiger partial charge in [0.25, 0.3) is 0 Å². The van der Waals surface area contributed by atoms with Gasteiger partial charge in [0.05, 0.1) is 12.0 Å². The minimum Gasteiger partial charge on any atom is -0.481 e. The fraction of sp³-hybridized carbons (Fsp3) is 0.889. The van der Waals surface area contributed by atoms with Gasteiger partial charge in [0.1, 0.15) is 0 Å². The lowest BCUT2D eigenvalue weighted by Crippen LogP contribution is -2.27. The maximum atomic E-state index is 10.6. The molecule has 0 aromatic carbocycles. The van der Waals surface area contributed by atoms with E-state index in [1.807, 2.05) is 6.26 Å². The number of carbonyl (C=O) groups is 1. The normalized spacial score (nSPS) is 15.3. The lowest BCUT2D eigenvalue weighted by atomic mass is 9.96. The summed E-state index contributed by atoms with van der Waals surface area (Å²) in [6, 6.07) is 0. The zero-order valence-corrected chi connectivity index (χ0v) is 9.01. The number of carboxylic acid groups (broad SMARTS) is 1. The molecule has 4 heteroatoms. The molecule has 13 heavy (non-hydrogen) atoms. The molecule has 0 aromatic heterocycles. The second-order valence-corrected chi connectivity index (χ2v) is 4.04. The third kappa shape index (κ3) is 5.16. The summed E-state index contributed by atoms with van der Waals surface area (Å²) < 4.78 is 0. The zero-order valence-electron chi connectivity index (χ0n) is 8.19. The van der Waals surface area contributed by atoms with Crippen LogP contribution in [-0.2, 0) is 4.79 Å². The molecule has 0 aliphatic rings. The van der Waals surface area contributed by atoms with Crippen molar-refractivity contribution in [3.63, 3.8) is 0 Å². The van der Waals surface area contributed by atoms with Crippen LogP contribution in [0.25, 0.3) is 0 Å². The van der Waals surface area contributed by atoms with Gasteiger partial charge in [0, 0.05) is 0 Å². The van der Waals surface area contributed by atoms with Crippen LogP contribution in [0, 0.1) is 5.92 Å². The van der Waals surface area contributed by atoms with Crippen molar-refractivity contribution in [2.45, 2.75) is 32.3 Å². The van der Waals surface area contributed by atoms with Crippen molar-refractivity contribution in [3.05, 3.63) is 0 Å². The predicted octanol–water partition coefficient (Wildman–Crippen LogP) is 1.60. The maximum Gasteiger partial charge on any atom is 0.309 e. The standard InChI is InChI=1S/C9H18O3S/c1-3-7(9(11)12)8(10)5-4-6-13-2/h7-8,10H,3-6H2,1-2H3,(H,11,12). The lowest BCUT2D eigenvalue weighted by molar-refractivity contribution is -0.146. The van der Waals surface area contributed by atoms with E-state index in [9.17, 15) is 9.90 Å². The van der Waals surface area contributed by atoms with Crippen LogP contribution >= 0.6 is 11.8 Å². The summed E-state index contributed by atoms with van der Waals surface area (Å²) in [5.74, 6) is -0.506. The molecule has 0 spiro atoms. The molecule has 0 radical (unpaired) electrons. The van der Waals surface area contributed by atoms with Gasteiger partial charge in [-0.05, 0) is 31.3 Å². The van der Waals surface area contributed by atoms with Crippen LogP contribution in [0.3, 0.4) is 0 Å². The van der Waals surface area contributed by atoms with Crippen molar-refractivity contribution in [2.75, 3.05) is 12.0 Å². The van der Waals surface area contributed by atoms with E-state index >= 15 is 0 Å². The molecule has 2 N–H and O–H groups in total. The Morgan fingerprint density at radius 3 is 2.54 bits per heavy atom. The monoisotopic (exact) mass is 206 g/mol. The van der Waals surface area contributed by atoms with Crippen LogP contribution in [0.1, 0.15) is 26.2 Å². The molecule has 0 saturated carbocycles. The number of carboxylic acids is 1. The first-order valence-electron chi connectivity index (χ1n) is 4.53. The first-order valence-corrected chi connectivity index (χ1v) is 5.92. The first-order chi connectivity index (χ1) is 6.13. The highest BCUT2D eigenvalue weighted by Crippen LogP contribution is 2.14. The fourth-order valence-electron chi connectivity index (χ4n) is 1.25. The molecule has 0 rings (SSSR count). The van der Waals surface area contributed by atoms with E-state index in [2.05, 4.69) is 0 Å². The molecular formula is C9H18O3S. The van der Waals surface area contributed by atoms with E-state index < -0.39 is 18.0 Å². The van der Waals surface area contributed by atoms with Gasteiger partial charge in [0.2, 0.25) is 0 Å². The third-order valence-electron chi connectivity index (χ3n) is 2.07. The summed E-state index contributed by atoms with van der Waals surface area (Å²) >= 11 is 1.71. The minimum absolute atomic E-state index is 0.496. The van der Waals surface area contributed by atoms with Gasteiger partial charge < -0.3 is 10.2 Å². The molecule has 2 unspecified atom stereocenters. The summed E-state index contributed by atoms with van der Waals surface area (Å²) in [5, 5.41) is 18.3. The van der Waals surface area contributed by atoms with Gasteiger partial charge in [-0.25, -0.2) is 0 Å². The molecule has 0 aromatic rings. The fourth-order valence-corrected chi connectivity index (χ4v) is 1.70. The molecule has 3 nitrogen and oxygen atoms in total. The van der Waals surface area contributed by atoms with Crippen molar-refractivity contribution in [3.8, 4) is 0 Å². The van der Waals surface area contributed by atoms with Gasteiger partial charge in [0.15, 0.2) is 0 Å². The highest BCUT2D eigenvalue weighted by Gasteiger charge is 2.23. The second kappa shape index (κ2) is 7.21. The Balaban J connectivity index is 3.77. The molecule has 2 atom stereocenters. The Morgan fingerprint density at radius 2 is 2.15 bits per heavy atom. The third-order valence-corrected chi connectivity index (χ3v) is 2.77. The van der Waals surface area contributed by atoms with E-state index in [-0.39, 0.29) is 0 Å². The number of aliphatic carboxylic acids is 1. The Bertz CT molecular complexity index is 150. The molecule has 0 aliphatic carbocycles. The number of aliphatic hydroxyl groups is 1. The Labute approximate surface area is 83.5 Å². The quantitative estimate of drug-likeness (QED) is 0.621. The maximum absolute atomic E-state index is 10.6. The molecular weight excluding hydrogens is 188 g/mol. The Morgan fingerprint density at radius 1 is 1.54 bits per heavy atom. The van der Waals surface area contributed by atoms with Crippen molar-refractivity contribution < 1.29 is 15.0 Å². The zero-order chi connectivity index (χ0) is 10.3. The number of rotatable bonds is 7. The van der Waals surface area contributed by atoms with E-state index in [0.29, 0.717) is 12.8 Å². The van der Waals surface area contributed by atoms with Crippen molar-refractivity contribution in [2.24, 2.45) is 5.92 Å². The molecule has 0 bridgehead atoms. The van der Waals surface area contributed by atoms with Gasteiger partial charge in [-0.1, -0.05) is 6.92 Å².